The van der Waals surface area contributed by atoms with Crippen LogP contribution in [0.2, 0.25) is 10.0 Å². The highest BCUT2D eigenvalue weighted by Crippen LogP contribution is 2.28. The highest BCUT2D eigenvalue weighted by molar-refractivity contribution is 6.42. The Morgan fingerprint density at radius 3 is 2.33 bits per heavy atom. The summed E-state index contributed by atoms with van der Waals surface area (Å²) < 4.78 is 10.5. The number of likely N-dealkylation sites (N-methyl/N-ethyl adjacent to an activating group) is 1. The van der Waals surface area contributed by atoms with Crippen LogP contribution < -0.4 is 9.47 Å². The van der Waals surface area contributed by atoms with Gasteiger partial charge in [-0.15, -0.1) is 0 Å². The molecule has 0 saturated carbocycles. The van der Waals surface area contributed by atoms with E-state index in [4.69, 9.17) is 32.7 Å². The van der Waals surface area contributed by atoms with Gasteiger partial charge in [-0.05, 0) is 42.3 Å². The second kappa shape index (κ2) is 8.27. The molecule has 0 atom stereocenters. The van der Waals surface area contributed by atoms with E-state index in [-0.39, 0.29) is 5.91 Å². The summed E-state index contributed by atoms with van der Waals surface area (Å²) in [4.78, 5) is 14.1. The lowest BCUT2D eigenvalue weighted by Crippen LogP contribution is -2.28. The Morgan fingerprint density at radius 1 is 1.00 bits per heavy atom. The van der Waals surface area contributed by atoms with Crippen LogP contribution in [0, 0.1) is 0 Å². The first-order valence-electron chi connectivity index (χ1n) is 7.37. The molecular formula is C18H19Cl2NO3. The van der Waals surface area contributed by atoms with E-state index in [0.29, 0.717) is 40.1 Å². The van der Waals surface area contributed by atoms with Gasteiger partial charge >= 0.3 is 0 Å². The van der Waals surface area contributed by atoms with Gasteiger partial charge < -0.3 is 14.4 Å². The van der Waals surface area contributed by atoms with Crippen molar-refractivity contribution in [2.45, 2.75) is 6.42 Å². The zero-order valence-corrected chi connectivity index (χ0v) is 15.3. The summed E-state index contributed by atoms with van der Waals surface area (Å²) in [6, 6.07) is 10.6. The van der Waals surface area contributed by atoms with E-state index >= 15 is 0 Å². The molecule has 0 aromatic heterocycles. The van der Waals surface area contributed by atoms with Gasteiger partial charge in [0.25, 0.3) is 5.91 Å². The molecule has 0 heterocycles. The zero-order valence-electron chi connectivity index (χ0n) is 13.8. The molecule has 2 aromatic carbocycles. The first-order chi connectivity index (χ1) is 11.5. The minimum Gasteiger partial charge on any atom is -0.493 e. The molecule has 0 aliphatic heterocycles. The Bertz CT molecular complexity index is 734. The van der Waals surface area contributed by atoms with Gasteiger partial charge in [0.2, 0.25) is 0 Å². The van der Waals surface area contributed by atoms with Gasteiger partial charge in [0.15, 0.2) is 11.5 Å². The third kappa shape index (κ3) is 4.34. The molecule has 0 aliphatic rings. The SMILES string of the molecule is COc1ccc(CCN(C)C(=O)c2ccc(Cl)c(Cl)c2)cc1OC. The predicted molar refractivity (Wildman–Crippen MR) is 96.7 cm³/mol. The lowest BCUT2D eigenvalue weighted by atomic mass is 10.1. The van der Waals surface area contributed by atoms with Crippen LogP contribution in [0.1, 0.15) is 15.9 Å². The van der Waals surface area contributed by atoms with Crippen molar-refractivity contribution in [1.29, 1.82) is 0 Å². The molecule has 0 N–H and O–H groups in total. The third-order valence-electron chi connectivity index (χ3n) is 3.70. The van der Waals surface area contributed by atoms with E-state index in [1.807, 2.05) is 18.2 Å². The first-order valence-corrected chi connectivity index (χ1v) is 8.13. The van der Waals surface area contributed by atoms with E-state index in [2.05, 4.69) is 0 Å². The first kappa shape index (κ1) is 18.4. The van der Waals surface area contributed by atoms with Crippen molar-refractivity contribution < 1.29 is 14.3 Å². The number of ether oxygens (including phenoxy) is 2. The van der Waals surface area contributed by atoms with E-state index in [9.17, 15) is 4.79 Å². The van der Waals surface area contributed by atoms with Crippen LogP contribution in [0.15, 0.2) is 36.4 Å². The lowest BCUT2D eigenvalue weighted by molar-refractivity contribution is 0.0796. The fourth-order valence-corrected chi connectivity index (χ4v) is 2.58. The molecule has 24 heavy (non-hydrogen) atoms. The quantitative estimate of drug-likeness (QED) is 0.762. The number of carbonyl (C=O) groups is 1. The number of amides is 1. The number of hydrogen-bond acceptors (Lipinski definition) is 3. The fraction of sp³-hybridized carbons (Fsp3) is 0.278. The minimum atomic E-state index is -0.103. The molecule has 0 radical (unpaired) electrons. The number of hydrogen-bond donors (Lipinski definition) is 0. The number of benzene rings is 2. The monoisotopic (exact) mass is 367 g/mol. The molecule has 0 fully saturated rings. The summed E-state index contributed by atoms with van der Waals surface area (Å²) in [6.45, 7) is 0.564. The Balaban J connectivity index is 2.03. The van der Waals surface area contributed by atoms with Crippen LogP contribution in [-0.4, -0.2) is 38.6 Å². The molecule has 0 aliphatic carbocycles. The Morgan fingerprint density at radius 2 is 1.71 bits per heavy atom. The van der Waals surface area contributed by atoms with Crippen LogP contribution in [0.5, 0.6) is 11.5 Å². The summed E-state index contributed by atoms with van der Waals surface area (Å²) in [5, 5.41) is 0.803. The van der Waals surface area contributed by atoms with Gasteiger partial charge in [0, 0.05) is 19.2 Å². The second-order valence-electron chi connectivity index (χ2n) is 5.29. The van der Waals surface area contributed by atoms with E-state index in [1.165, 1.54) is 0 Å². The van der Waals surface area contributed by atoms with Gasteiger partial charge in [-0.2, -0.15) is 0 Å². The molecule has 0 unspecified atom stereocenters. The maximum atomic E-state index is 12.4. The van der Waals surface area contributed by atoms with E-state index < -0.39 is 0 Å². The molecule has 2 aromatic rings. The van der Waals surface area contributed by atoms with Gasteiger partial charge in [0.1, 0.15) is 0 Å². The fourth-order valence-electron chi connectivity index (χ4n) is 2.28. The van der Waals surface area contributed by atoms with Crippen molar-refractivity contribution in [3.05, 3.63) is 57.6 Å². The number of rotatable bonds is 6. The Hall–Kier alpha value is -1.91. The normalized spacial score (nSPS) is 10.4. The zero-order chi connectivity index (χ0) is 17.7. The van der Waals surface area contributed by atoms with Crippen LogP contribution in [0.3, 0.4) is 0 Å². The van der Waals surface area contributed by atoms with Gasteiger partial charge in [-0.3, -0.25) is 4.79 Å². The minimum absolute atomic E-state index is 0.103. The van der Waals surface area contributed by atoms with Crippen molar-refractivity contribution >= 4 is 29.1 Å². The summed E-state index contributed by atoms with van der Waals surface area (Å²) in [6.07, 6.45) is 0.698. The van der Waals surface area contributed by atoms with E-state index in [1.54, 1.807) is 44.4 Å². The molecule has 0 bridgehead atoms. The largest absolute Gasteiger partial charge is 0.493 e. The highest BCUT2D eigenvalue weighted by atomic mass is 35.5. The summed E-state index contributed by atoms with van der Waals surface area (Å²) in [7, 11) is 4.95. The summed E-state index contributed by atoms with van der Waals surface area (Å²) in [5.41, 5.74) is 1.57. The Labute approximate surface area is 151 Å². The average Bonchev–Trinajstić information content (AvgIpc) is 2.60. The topological polar surface area (TPSA) is 38.8 Å². The van der Waals surface area contributed by atoms with Gasteiger partial charge in [-0.25, -0.2) is 0 Å². The van der Waals surface area contributed by atoms with Crippen molar-refractivity contribution in [2.75, 3.05) is 27.8 Å². The molecule has 2 rings (SSSR count). The standard InChI is InChI=1S/C18H19Cl2NO3/c1-21(18(22)13-5-6-14(19)15(20)11-13)9-8-12-4-7-16(23-2)17(10-12)24-3/h4-7,10-11H,8-9H2,1-3H3. The second-order valence-corrected chi connectivity index (χ2v) is 6.11. The molecule has 0 saturated heterocycles. The van der Waals surface area contributed by atoms with Gasteiger partial charge in [0.05, 0.1) is 24.3 Å². The van der Waals surface area contributed by atoms with E-state index in [0.717, 1.165) is 5.56 Å². The lowest BCUT2D eigenvalue weighted by Gasteiger charge is -2.18. The van der Waals surface area contributed by atoms with Crippen molar-refractivity contribution in [3.8, 4) is 11.5 Å². The molecular weight excluding hydrogens is 349 g/mol. The molecule has 128 valence electrons. The maximum Gasteiger partial charge on any atom is 0.253 e. The average molecular weight is 368 g/mol. The molecule has 6 heteroatoms. The van der Waals surface area contributed by atoms with Crippen LogP contribution in [-0.2, 0) is 6.42 Å². The number of nitrogens with zero attached hydrogens (tertiary/aromatic N) is 1. The van der Waals surface area contributed by atoms with Crippen molar-refractivity contribution in [1.82, 2.24) is 4.90 Å². The number of halogens is 2. The van der Waals surface area contributed by atoms with Gasteiger partial charge in [-0.1, -0.05) is 29.3 Å². The van der Waals surface area contributed by atoms with Crippen LogP contribution in [0.4, 0.5) is 0 Å². The van der Waals surface area contributed by atoms with Crippen molar-refractivity contribution in [3.63, 3.8) is 0 Å². The summed E-state index contributed by atoms with van der Waals surface area (Å²) >= 11 is 11.8. The molecule has 0 spiro atoms. The predicted octanol–water partition coefficient (Wildman–Crippen LogP) is 4.33. The van der Waals surface area contributed by atoms with Crippen LogP contribution in [0.25, 0.3) is 0 Å². The number of methoxy groups -OCH3 is 2. The van der Waals surface area contributed by atoms with Crippen molar-refractivity contribution in [2.24, 2.45) is 0 Å². The molecule has 4 nitrogen and oxygen atoms in total. The maximum absolute atomic E-state index is 12.4. The molecule has 1 amide bonds. The third-order valence-corrected chi connectivity index (χ3v) is 4.44. The smallest absolute Gasteiger partial charge is 0.253 e. The highest BCUT2D eigenvalue weighted by Gasteiger charge is 2.13. The van der Waals surface area contributed by atoms with Crippen LogP contribution >= 0.6 is 23.2 Å². The summed E-state index contributed by atoms with van der Waals surface area (Å²) in [5.74, 6) is 1.25. The Kier molecular flexibility index (Phi) is 6.35. The number of carbonyl (C=O) groups excluding carboxylic acids is 1.